The van der Waals surface area contributed by atoms with E-state index in [4.69, 9.17) is 14.2 Å². The van der Waals surface area contributed by atoms with Gasteiger partial charge in [0.05, 0.1) is 12.0 Å². The Kier molecular flexibility index (Phi) is 11.1. The number of aryl methyl sites for hydroxylation is 2. The molecule has 1 aromatic heterocycles. The second kappa shape index (κ2) is 14.1. The van der Waals surface area contributed by atoms with Crippen molar-refractivity contribution in [1.82, 2.24) is 15.0 Å². The molecule has 1 heterocycles. The summed E-state index contributed by atoms with van der Waals surface area (Å²) in [5.41, 5.74) is -2.80. The van der Waals surface area contributed by atoms with Gasteiger partial charge in [-0.05, 0) is 103 Å². The van der Waals surface area contributed by atoms with Crippen molar-refractivity contribution in [1.29, 1.82) is 0 Å². The third-order valence-corrected chi connectivity index (χ3v) is 6.86. The molecule has 0 atom stereocenters. The topological polar surface area (TPSA) is 127 Å². The molecule has 238 valence electrons. The normalized spacial score (nSPS) is 12.2. The van der Waals surface area contributed by atoms with Gasteiger partial charge in [0.25, 0.3) is 5.56 Å². The fraction of sp³-hybridized carbons (Fsp3) is 0.529. The number of aromatic nitrogens is 3. The van der Waals surface area contributed by atoms with Crippen LogP contribution in [-0.2, 0) is 25.6 Å². The molecule has 3 rings (SSSR count). The monoisotopic (exact) mass is 607 g/mol. The van der Waals surface area contributed by atoms with Gasteiger partial charge in [0, 0.05) is 18.5 Å². The molecule has 0 bridgehead atoms. The van der Waals surface area contributed by atoms with Crippen molar-refractivity contribution in [3.05, 3.63) is 63.9 Å². The van der Waals surface area contributed by atoms with Gasteiger partial charge in [-0.3, -0.25) is 19.2 Å². The lowest BCUT2D eigenvalue weighted by Gasteiger charge is -2.34. The molecule has 0 aliphatic carbocycles. The summed E-state index contributed by atoms with van der Waals surface area (Å²) in [4.78, 5) is 54.9. The van der Waals surface area contributed by atoms with Gasteiger partial charge in [-0.1, -0.05) is 31.0 Å². The van der Waals surface area contributed by atoms with Crippen LogP contribution in [0.4, 0.5) is 0 Å². The highest BCUT2D eigenvalue weighted by Crippen LogP contribution is 2.36. The Morgan fingerprint density at radius 3 is 2.05 bits per heavy atom. The second-order valence-corrected chi connectivity index (χ2v) is 13.2. The number of ether oxygens (including phenoxy) is 3. The maximum absolute atomic E-state index is 13.9. The molecule has 0 spiro atoms. The Hall–Kier alpha value is -4.08. The average molecular weight is 608 g/mol. The van der Waals surface area contributed by atoms with Gasteiger partial charge in [-0.2, -0.15) is 0 Å². The van der Waals surface area contributed by atoms with Crippen LogP contribution in [0.15, 0.2) is 47.3 Å². The van der Waals surface area contributed by atoms with Crippen molar-refractivity contribution in [2.45, 2.75) is 105 Å². The second-order valence-electron chi connectivity index (χ2n) is 13.2. The van der Waals surface area contributed by atoms with Crippen LogP contribution in [0, 0.1) is 12.3 Å². The number of fused-ring (bicyclic) bond motifs is 1. The van der Waals surface area contributed by atoms with Crippen molar-refractivity contribution in [2.24, 2.45) is 5.41 Å². The van der Waals surface area contributed by atoms with Crippen molar-refractivity contribution in [3.8, 4) is 5.75 Å². The highest BCUT2D eigenvalue weighted by molar-refractivity contribution is 6.07. The van der Waals surface area contributed by atoms with E-state index in [1.165, 1.54) is 0 Å². The molecule has 0 radical (unpaired) electrons. The number of rotatable bonds is 13. The van der Waals surface area contributed by atoms with E-state index in [2.05, 4.69) is 17.2 Å². The molecule has 0 N–H and O–H groups in total. The van der Waals surface area contributed by atoms with Crippen LogP contribution in [0.2, 0.25) is 0 Å². The number of Topliss-reactive ketones (excluding diaryl/α,β-unsaturated/α-hetero) is 1. The molecule has 44 heavy (non-hydrogen) atoms. The standard InChI is InChI=1S/C34H45N3O7/c1-9-10-11-20-42-25-15-13-24(14-16-25)28(38)22-34(30(40)43-32(3,4)5,31(41)44-33(6,7)8)18-19-37-29(39)26-17-12-23(2)21-27(26)35-36-37/h12-17,21H,9-11,18-20,22H2,1-8H3. The maximum atomic E-state index is 13.9. The van der Waals surface area contributed by atoms with Gasteiger partial charge >= 0.3 is 11.9 Å². The van der Waals surface area contributed by atoms with E-state index in [-0.39, 0.29) is 13.0 Å². The number of esters is 2. The van der Waals surface area contributed by atoms with Crippen LogP contribution in [-0.4, -0.2) is 50.5 Å². The summed E-state index contributed by atoms with van der Waals surface area (Å²) in [6, 6.07) is 11.8. The smallest absolute Gasteiger partial charge is 0.324 e. The number of unbranched alkanes of at least 4 members (excludes halogenated alkanes) is 2. The first kappa shape index (κ1) is 34.4. The molecular weight excluding hydrogens is 562 g/mol. The summed E-state index contributed by atoms with van der Waals surface area (Å²) < 4.78 is 18.3. The summed E-state index contributed by atoms with van der Waals surface area (Å²) >= 11 is 0. The molecule has 3 aromatic rings. The summed E-state index contributed by atoms with van der Waals surface area (Å²) in [7, 11) is 0. The van der Waals surface area contributed by atoms with Gasteiger partial charge in [-0.15, -0.1) is 5.10 Å². The maximum Gasteiger partial charge on any atom is 0.324 e. The number of carbonyl (C=O) groups is 3. The van der Waals surface area contributed by atoms with E-state index in [1.807, 2.05) is 6.92 Å². The predicted octanol–water partition coefficient (Wildman–Crippen LogP) is 6.00. The highest BCUT2D eigenvalue weighted by Gasteiger charge is 2.52. The van der Waals surface area contributed by atoms with Gasteiger partial charge in [0.15, 0.2) is 11.2 Å². The zero-order chi connectivity index (χ0) is 32.7. The van der Waals surface area contributed by atoms with Crippen molar-refractivity contribution in [2.75, 3.05) is 6.61 Å². The molecule has 10 nitrogen and oxygen atoms in total. The molecule has 0 saturated carbocycles. The zero-order valence-electron chi connectivity index (χ0n) is 27.2. The molecule has 0 saturated heterocycles. The number of carbonyl (C=O) groups excluding carboxylic acids is 3. The van der Waals surface area contributed by atoms with E-state index >= 15 is 0 Å². The van der Waals surface area contributed by atoms with Gasteiger partial charge < -0.3 is 14.2 Å². The third-order valence-electron chi connectivity index (χ3n) is 6.86. The Labute approximate surface area is 259 Å². The van der Waals surface area contributed by atoms with Crippen LogP contribution in [0.3, 0.4) is 0 Å². The molecule has 0 amide bonds. The van der Waals surface area contributed by atoms with E-state index in [1.54, 1.807) is 84.0 Å². The summed E-state index contributed by atoms with van der Waals surface area (Å²) in [5.74, 6) is -1.68. The Morgan fingerprint density at radius 2 is 1.48 bits per heavy atom. The molecular formula is C34H45N3O7. The van der Waals surface area contributed by atoms with Gasteiger partial charge in [-0.25, -0.2) is 4.68 Å². The summed E-state index contributed by atoms with van der Waals surface area (Å²) in [6.07, 6.45) is 2.24. The van der Waals surface area contributed by atoms with E-state index in [0.29, 0.717) is 28.8 Å². The van der Waals surface area contributed by atoms with Crippen molar-refractivity contribution in [3.63, 3.8) is 0 Å². The van der Waals surface area contributed by atoms with Crippen LogP contribution in [0.5, 0.6) is 5.75 Å². The molecule has 0 fully saturated rings. The zero-order valence-corrected chi connectivity index (χ0v) is 27.2. The first-order chi connectivity index (χ1) is 20.5. The van der Waals surface area contributed by atoms with Crippen molar-refractivity contribution < 1.29 is 28.6 Å². The van der Waals surface area contributed by atoms with Gasteiger partial charge in [0.1, 0.15) is 22.5 Å². The average Bonchev–Trinajstić information content (AvgIpc) is 2.92. The minimum Gasteiger partial charge on any atom is -0.494 e. The largest absolute Gasteiger partial charge is 0.494 e. The lowest BCUT2D eigenvalue weighted by molar-refractivity contribution is -0.186. The lowest BCUT2D eigenvalue weighted by Crippen LogP contribution is -2.49. The fourth-order valence-electron chi connectivity index (χ4n) is 4.56. The van der Waals surface area contributed by atoms with Crippen LogP contribution in [0.25, 0.3) is 10.9 Å². The van der Waals surface area contributed by atoms with E-state index < -0.39 is 46.3 Å². The third kappa shape index (κ3) is 9.21. The molecule has 0 unspecified atom stereocenters. The number of hydrogen-bond acceptors (Lipinski definition) is 9. The Morgan fingerprint density at radius 1 is 0.864 bits per heavy atom. The first-order valence-electron chi connectivity index (χ1n) is 15.1. The number of benzene rings is 2. The first-order valence-corrected chi connectivity index (χ1v) is 15.1. The van der Waals surface area contributed by atoms with E-state index in [0.717, 1.165) is 29.5 Å². The SMILES string of the molecule is CCCCCOc1ccc(C(=O)CC(CCn2nnc3cc(C)ccc3c2=O)(C(=O)OC(C)(C)C)C(=O)OC(C)(C)C)cc1. The number of nitrogens with zero attached hydrogens (tertiary/aromatic N) is 3. The fourth-order valence-corrected chi connectivity index (χ4v) is 4.56. The van der Waals surface area contributed by atoms with Crippen LogP contribution in [0.1, 0.15) is 96.5 Å². The molecule has 0 aliphatic rings. The van der Waals surface area contributed by atoms with Gasteiger partial charge in [0.2, 0.25) is 0 Å². The van der Waals surface area contributed by atoms with Crippen molar-refractivity contribution >= 4 is 28.6 Å². The number of ketones is 1. The quantitative estimate of drug-likeness (QED) is 0.0995. The van der Waals surface area contributed by atoms with E-state index in [9.17, 15) is 19.2 Å². The predicted molar refractivity (Wildman–Crippen MR) is 168 cm³/mol. The van der Waals surface area contributed by atoms with Crippen LogP contribution >= 0.6 is 0 Å². The Bertz CT molecular complexity index is 1500. The Balaban J connectivity index is 2.01. The highest BCUT2D eigenvalue weighted by atomic mass is 16.6. The number of hydrogen-bond donors (Lipinski definition) is 0. The minimum atomic E-state index is -2.07. The van der Waals surface area contributed by atoms with Crippen LogP contribution < -0.4 is 10.3 Å². The molecule has 2 aromatic carbocycles. The molecule has 10 heteroatoms. The minimum absolute atomic E-state index is 0.189. The molecule has 0 aliphatic heterocycles. The lowest BCUT2D eigenvalue weighted by atomic mass is 9.78. The summed E-state index contributed by atoms with van der Waals surface area (Å²) in [6.45, 7) is 14.4. The summed E-state index contributed by atoms with van der Waals surface area (Å²) in [5, 5.41) is 8.56.